The van der Waals surface area contributed by atoms with Gasteiger partial charge in [0, 0.05) is 5.92 Å². The van der Waals surface area contributed by atoms with E-state index in [9.17, 15) is 0 Å². The molecule has 0 bridgehead atoms. The van der Waals surface area contributed by atoms with Crippen LogP contribution in [-0.4, -0.2) is 17.0 Å². The van der Waals surface area contributed by atoms with Gasteiger partial charge in [-0.05, 0) is 0 Å². The van der Waals surface area contributed by atoms with Gasteiger partial charge in [0.05, 0.1) is 5.40 Å². The maximum atomic E-state index is 2.36. The fraction of sp³-hybridized carbons (Fsp3) is 0.500. The van der Waals surface area contributed by atoms with Crippen LogP contribution in [0.15, 0.2) is 0 Å². The van der Waals surface area contributed by atoms with Gasteiger partial charge in [-0.2, -0.15) is 0 Å². The number of rotatable bonds is 0. The Bertz CT molecular complexity index is 97.5. The van der Waals surface area contributed by atoms with Gasteiger partial charge in [-0.25, -0.2) is 0 Å². The smallest absolute Gasteiger partial charge is 0.0525 e. The lowest BCUT2D eigenvalue weighted by Crippen LogP contribution is -2.25. The average molecular weight is 114 g/mol. The minimum Gasteiger partial charge on any atom is -0.0947 e. The van der Waals surface area contributed by atoms with Crippen molar-refractivity contribution in [3.05, 3.63) is 0 Å². The Balaban J connectivity index is 2.40. The summed E-state index contributed by atoms with van der Waals surface area (Å²) in [5, 5.41) is 1.05. The minimum absolute atomic E-state index is 0.938. The summed E-state index contributed by atoms with van der Waals surface area (Å²) in [6.07, 6.45) is 0. The van der Waals surface area contributed by atoms with E-state index in [1.807, 2.05) is 0 Å². The van der Waals surface area contributed by atoms with Crippen LogP contribution in [0.5, 0.6) is 0 Å². The van der Waals surface area contributed by atoms with E-state index in [0.29, 0.717) is 0 Å². The molecular weight excluding hydrogens is 110 g/mol. The van der Waals surface area contributed by atoms with Crippen molar-refractivity contribution < 1.29 is 0 Å². The maximum Gasteiger partial charge on any atom is 0.0525 e. The highest BCUT2D eigenvalue weighted by molar-refractivity contribution is 7.63. The first-order valence-electron chi connectivity index (χ1n) is 2.03. The summed E-state index contributed by atoms with van der Waals surface area (Å²) >= 11 is 0. The van der Waals surface area contributed by atoms with Crippen LogP contribution in [0, 0.1) is 5.92 Å². The van der Waals surface area contributed by atoms with E-state index in [0.717, 1.165) is 11.3 Å². The lowest BCUT2D eigenvalue weighted by atomic mass is 10.2. The fourth-order valence-electron chi connectivity index (χ4n) is 0.602. The molecule has 0 radical (unpaired) electrons. The monoisotopic (exact) mass is 114 g/mol. The second kappa shape index (κ2) is 0.941. The molecule has 0 unspecified atom stereocenters. The SMILES string of the molecule is C1=PC2P=CC12. The van der Waals surface area contributed by atoms with E-state index in [-0.39, 0.29) is 0 Å². The van der Waals surface area contributed by atoms with Gasteiger partial charge < -0.3 is 0 Å². The van der Waals surface area contributed by atoms with E-state index in [2.05, 4.69) is 11.6 Å². The third-order valence-electron chi connectivity index (χ3n) is 1.17. The van der Waals surface area contributed by atoms with E-state index >= 15 is 0 Å². The number of hydrogen-bond donors (Lipinski definition) is 0. The average Bonchev–Trinajstić information content (AvgIpc) is 1.54. The first-order chi connectivity index (χ1) is 2.97. The summed E-state index contributed by atoms with van der Waals surface area (Å²) in [6, 6.07) is 0. The molecule has 0 atom stereocenters. The molecule has 0 aliphatic carbocycles. The lowest BCUT2D eigenvalue weighted by Gasteiger charge is -2.29. The Labute approximate surface area is 40.2 Å². The molecule has 0 fully saturated rings. The number of hydrogen-bond acceptors (Lipinski definition) is 0. The van der Waals surface area contributed by atoms with E-state index in [1.54, 1.807) is 16.4 Å². The van der Waals surface area contributed by atoms with E-state index < -0.39 is 0 Å². The predicted molar refractivity (Wildman–Crippen MR) is 33.2 cm³/mol. The molecule has 0 aromatic heterocycles. The van der Waals surface area contributed by atoms with Crippen molar-refractivity contribution in [3.63, 3.8) is 0 Å². The van der Waals surface area contributed by atoms with Gasteiger partial charge in [-0.15, -0.1) is 0 Å². The molecule has 0 aromatic rings. The second-order valence-electron chi connectivity index (χ2n) is 1.59. The molecule has 2 heteroatoms. The number of fused-ring (bicyclic) bond motifs is 1. The summed E-state index contributed by atoms with van der Waals surface area (Å²) in [6.45, 7) is 0. The van der Waals surface area contributed by atoms with E-state index in [4.69, 9.17) is 0 Å². The first kappa shape index (κ1) is 3.36. The van der Waals surface area contributed by atoms with Crippen molar-refractivity contribution in [2.75, 3.05) is 0 Å². The highest BCUT2D eigenvalue weighted by Crippen LogP contribution is 2.43. The van der Waals surface area contributed by atoms with Crippen molar-refractivity contribution in [2.24, 2.45) is 5.92 Å². The zero-order valence-corrected chi connectivity index (χ0v) is 4.99. The van der Waals surface area contributed by atoms with Crippen molar-refractivity contribution in [3.8, 4) is 0 Å². The Morgan fingerprint density at radius 2 is 1.67 bits per heavy atom. The van der Waals surface area contributed by atoms with Crippen molar-refractivity contribution in [1.82, 2.24) is 0 Å². The molecule has 0 amide bonds. The van der Waals surface area contributed by atoms with Crippen molar-refractivity contribution >= 4 is 28.0 Å². The highest BCUT2D eigenvalue weighted by Gasteiger charge is 2.27. The van der Waals surface area contributed by atoms with Gasteiger partial charge in [-0.3, -0.25) is 0 Å². The Morgan fingerprint density at radius 3 is 1.67 bits per heavy atom. The summed E-state index contributed by atoms with van der Waals surface area (Å²) in [5.41, 5.74) is 0. The predicted octanol–water partition coefficient (Wildman–Crippen LogP) is 1.45. The topological polar surface area (TPSA) is 0 Å². The second-order valence-corrected chi connectivity index (χ2v) is 4.30. The van der Waals surface area contributed by atoms with Crippen LogP contribution in [-0.2, 0) is 0 Å². The van der Waals surface area contributed by atoms with Crippen molar-refractivity contribution in [2.45, 2.75) is 5.40 Å². The molecule has 0 spiro atoms. The molecule has 2 aliphatic rings. The molecule has 0 saturated heterocycles. The van der Waals surface area contributed by atoms with E-state index in [1.165, 1.54) is 0 Å². The quantitative estimate of drug-likeness (QED) is 0.418. The first-order valence-corrected chi connectivity index (χ1v) is 4.10. The van der Waals surface area contributed by atoms with Gasteiger partial charge >= 0.3 is 0 Å². The van der Waals surface area contributed by atoms with Gasteiger partial charge in [-0.1, -0.05) is 28.0 Å². The summed E-state index contributed by atoms with van der Waals surface area (Å²) < 4.78 is 0. The van der Waals surface area contributed by atoms with Gasteiger partial charge in [0.25, 0.3) is 0 Å². The Kier molecular flexibility index (Phi) is 0.526. The fourth-order valence-corrected chi connectivity index (χ4v) is 3.19. The Morgan fingerprint density at radius 1 is 1.17 bits per heavy atom. The molecule has 30 valence electrons. The van der Waals surface area contributed by atoms with Crippen LogP contribution in [0.1, 0.15) is 0 Å². The molecule has 2 rings (SSSR count). The molecule has 6 heavy (non-hydrogen) atoms. The molecular formula is C4H4P2. The summed E-state index contributed by atoms with van der Waals surface area (Å²) in [5.74, 6) is 5.66. The van der Waals surface area contributed by atoms with Crippen LogP contribution in [0.25, 0.3) is 0 Å². The van der Waals surface area contributed by atoms with Gasteiger partial charge in [0.15, 0.2) is 0 Å². The van der Waals surface area contributed by atoms with Crippen LogP contribution >= 0.6 is 16.4 Å². The van der Waals surface area contributed by atoms with Crippen molar-refractivity contribution in [1.29, 1.82) is 0 Å². The van der Waals surface area contributed by atoms with Gasteiger partial charge in [0.1, 0.15) is 0 Å². The van der Waals surface area contributed by atoms with Gasteiger partial charge in [0.2, 0.25) is 0 Å². The molecule has 0 aromatic carbocycles. The standard InChI is InChI=1S/C4H4P2/c1-3-2-6-4(3)5-1/h1-4H. The minimum atomic E-state index is 0.938. The largest absolute Gasteiger partial charge is 0.0947 e. The molecule has 0 saturated carbocycles. The van der Waals surface area contributed by atoms with Crippen LogP contribution < -0.4 is 0 Å². The third kappa shape index (κ3) is 0.235. The molecule has 2 aliphatic heterocycles. The summed E-state index contributed by atoms with van der Waals surface area (Å²) in [7, 11) is 3.18. The van der Waals surface area contributed by atoms with Crippen LogP contribution in [0.2, 0.25) is 0 Å². The zero-order chi connectivity index (χ0) is 3.98. The zero-order valence-electron chi connectivity index (χ0n) is 3.20. The third-order valence-corrected chi connectivity index (χ3v) is 4.30. The summed E-state index contributed by atoms with van der Waals surface area (Å²) in [4.78, 5) is 0. The molecule has 0 nitrogen and oxygen atoms in total. The normalized spacial score (nSPS) is 52.0. The van der Waals surface area contributed by atoms with Crippen LogP contribution in [0.3, 0.4) is 0 Å². The highest BCUT2D eigenvalue weighted by atomic mass is 31.1. The molecule has 2 heterocycles. The molecule has 0 N–H and O–H groups in total. The maximum absolute atomic E-state index is 2.36. The lowest BCUT2D eigenvalue weighted by molar-refractivity contribution is 1.06. The van der Waals surface area contributed by atoms with Crippen LogP contribution in [0.4, 0.5) is 0 Å². The Hall–Kier alpha value is 0.340.